The lowest BCUT2D eigenvalue weighted by atomic mass is 10.2. The lowest BCUT2D eigenvalue weighted by Crippen LogP contribution is -2.10. The van der Waals surface area contributed by atoms with Gasteiger partial charge in [-0.2, -0.15) is 0 Å². The van der Waals surface area contributed by atoms with E-state index < -0.39 is 17.3 Å². The van der Waals surface area contributed by atoms with Gasteiger partial charge in [0.1, 0.15) is 5.82 Å². The summed E-state index contributed by atoms with van der Waals surface area (Å²) in [6, 6.07) is 3.93. The molecular formula is C16H11FN2O4S. The van der Waals surface area contributed by atoms with Gasteiger partial charge in [-0.1, -0.05) is 0 Å². The number of fused-ring (bicyclic) bond motifs is 1. The van der Waals surface area contributed by atoms with Gasteiger partial charge in [0.25, 0.3) is 5.56 Å². The number of nitrogens with one attached hydrogen (secondary N) is 1. The van der Waals surface area contributed by atoms with Crippen LogP contribution in [0.5, 0.6) is 5.75 Å². The lowest BCUT2D eigenvalue weighted by Gasteiger charge is -2.04. The second-order valence-corrected chi connectivity index (χ2v) is 5.77. The first-order valence-electron chi connectivity index (χ1n) is 6.75. The molecule has 0 spiro atoms. The number of benzene rings is 1. The summed E-state index contributed by atoms with van der Waals surface area (Å²) in [5.74, 6) is -1.41. The number of carbonyl (C=O) groups is 1. The zero-order chi connectivity index (χ0) is 17.3. The Morgan fingerprint density at radius 1 is 1.38 bits per heavy atom. The highest BCUT2D eigenvalue weighted by Crippen LogP contribution is 2.22. The maximum atomic E-state index is 13.8. The van der Waals surface area contributed by atoms with E-state index in [0.29, 0.717) is 4.88 Å². The molecule has 2 aromatic heterocycles. The standard InChI is InChI=1S/C16H11FN2O4S/c1-23-13-5-10-12(6-11(13)17)18-14(19-15(10)20)3-2-9-4-8(7-24-9)16(21)22/h2-7H,1H3,(H,21,22)(H,18,19,20)/b3-2+. The number of aromatic nitrogens is 2. The van der Waals surface area contributed by atoms with Gasteiger partial charge >= 0.3 is 5.97 Å². The fourth-order valence-electron chi connectivity index (χ4n) is 2.11. The summed E-state index contributed by atoms with van der Waals surface area (Å²) in [6.07, 6.45) is 3.15. The summed E-state index contributed by atoms with van der Waals surface area (Å²) in [4.78, 5) is 30.4. The number of rotatable bonds is 4. The normalized spacial score (nSPS) is 11.2. The first kappa shape index (κ1) is 15.9. The number of hydrogen-bond acceptors (Lipinski definition) is 5. The molecular weight excluding hydrogens is 335 g/mol. The molecule has 122 valence electrons. The Morgan fingerprint density at radius 2 is 2.17 bits per heavy atom. The number of thiophene rings is 1. The zero-order valence-corrected chi connectivity index (χ0v) is 13.2. The van der Waals surface area contributed by atoms with Crippen molar-refractivity contribution in [3.8, 4) is 5.75 Å². The second-order valence-electron chi connectivity index (χ2n) is 4.83. The van der Waals surface area contributed by atoms with Crippen molar-refractivity contribution < 1.29 is 19.0 Å². The monoisotopic (exact) mass is 346 g/mol. The highest BCUT2D eigenvalue weighted by atomic mass is 32.1. The number of ether oxygens (including phenoxy) is 1. The molecule has 6 nitrogen and oxygen atoms in total. The lowest BCUT2D eigenvalue weighted by molar-refractivity contribution is 0.0697. The number of halogens is 1. The average molecular weight is 346 g/mol. The van der Waals surface area contributed by atoms with Crippen LogP contribution in [0, 0.1) is 5.82 Å². The van der Waals surface area contributed by atoms with Gasteiger partial charge in [0, 0.05) is 16.3 Å². The average Bonchev–Trinajstić information content (AvgIpc) is 3.01. The summed E-state index contributed by atoms with van der Waals surface area (Å²) in [7, 11) is 1.31. The third kappa shape index (κ3) is 3.04. The highest BCUT2D eigenvalue weighted by Gasteiger charge is 2.10. The van der Waals surface area contributed by atoms with Crippen molar-refractivity contribution in [3.63, 3.8) is 0 Å². The number of H-pyrrole nitrogens is 1. The number of nitrogens with zero attached hydrogens (tertiary/aromatic N) is 1. The molecule has 2 N–H and O–H groups in total. The van der Waals surface area contributed by atoms with Crippen LogP contribution in [0.2, 0.25) is 0 Å². The fraction of sp³-hybridized carbons (Fsp3) is 0.0625. The Labute approximate surface area is 138 Å². The minimum absolute atomic E-state index is 0.0297. The van der Waals surface area contributed by atoms with E-state index >= 15 is 0 Å². The smallest absolute Gasteiger partial charge is 0.336 e. The van der Waals surface area contributed by atoms with Crippen LogP contribution in [0.1, 0.15) is 21.1 Å². The molecule has 0 bridgehead atoms. The molecule has 0 aliphatic carbocycles. The molecule has 0 aliphatic rings. The van der Waals surface area contributed by atoms with Crippen LogP contribution in [-0.2, 0) is 0 Å². The Kier molecular flexibility index (Phi) is 4.13. The molecule has 3 rings (SSSR count). The third-order valence-electron chi connectivity index (χ3n) is 3.27. The molecule has 3 aromatic rings. The van der Waals surface area contributed by atoms with E-state index in [9.17, 15) is 14.0 Å². The van der Waals surface area contributed by atoms with Crippen molar-refractivity contribution in [1.29, 1.82) is 0 Å². The van der Waals surface area contributed by atoms with E-state index in [4.69, 9.17) is 9.84 Å². The summed E-state index contributed by atoms with van der Waals surface area (Å²) in [6.45, 7) is 0. The molecule has 0 unspecified atom stereocenters. The molecule has 1 aromatic carbocycles. The maximum Gasteiger partial charge on any atom is 0.336 e. The predicted molar refractivity (Wildman–Crippen MR) is 89.1 cm³/mol. The fourth-order valence-corrected chi connectivity index (χ4v) is 2.88. The van der Waals surface area contributed by atoms with Gasteiger partial charge in [-0.3, -0.25) is 4.79 Å². The maximum absolute atomic E-state index is 13.8. The van der Waals surface area contributed by atoms with E-state index in [-0.39, 0.29) is 28.0 Å². The first-order chi connectivity index (χ1) is 11.5. The van der Waals surface area contributed by atoms with E-state index in [1.54, 1.807) is 6.08 Å². The van der Waals surface area contributed by atoms with Crippen molar-refractivity contribution in [2.45, 2.75) is 0 Å². The van der Waals surface area contributed by atoms with Gasteiger partial charge in [-0.05, 0) is 24.3 Å². The van der Waals surface area contributed by atoms with Crippen LogP contribution >= 0.6 is 11.3 Å². The van der Waals surface area contributed by atoms with Crippen molar-refractivity contribution in [3.05, 3.63) is 56.0 Å². The summed E-state index contributed by atoms with van der Waals surface area (Å²) in [5, 5.41) is 10.6. The van der Waals surface area contributed by atoms with Crippen molar-refractivity contribution in [2.24, 2.45) is 0 Å². The van der Waals surface area contributed by atoms with Gasteiger partial charge in [-0.25, -0.2) is 14.2 Å². The zero-order valence-electron chi connectivity index (χ0n) is 12.4. The molecule has 0 fully saturated rings. The molecule has 0 saturated carbocycles. The number of carboxylic acid groups (broad SMARTS) is 1. The summed E-state index contributed by atoms with van der Waals surface area (Å²) >= 11 is 1.25. The molecule has 0 radical (unpaired) electrons. The van der Waals surface area contributed by atoms with E-state index in [1.165, 1.54) is 42.0 Å². The van der Waals surface area contributed by atoms with Crippen LogP contribution in [0.15, 0.2) is 28.4 Å². The number of carboxylic acids is 1. The molecule has 0 atom stereocenters. The van der Waals surface area contributed by atoms with Gasteiger partial charge in [0.15, 0.2) is 11.6 Å². The van der Waals surface area contributed by atoms with Crippen molar-refractivity contribution in [1.82, 2.24) is 9.97 Å². The number of aromatic amines is 1. The Hall–Kier alpha value is -3.00. The summed E-state index contributed by atoms with van der Waals surface area (Å²) in [5.41, 5.74) is -0.0294. The van der Waals surface area contributed by atoms with E-state index in [1.807, 2.05) is 0 Å². The molecule has 2 heterocycles. The first-order valence-corrected chi connectivity index (χ1v) is 7.63. The molecule has 0 saturated heterocycles. The quantitative estimate of drug-likeness (QED) is 0.758. The Bertz CT molecular complexity index is 1020. The number of aromatic carboxylic acids is 1. The number of methoxy groups -OCH3 is 1. The molecule has 8 heteroatoms. The van der Waals surface area contributed by atoms with Gasteiger partial charge in [0.2, 0.25) is 0 Å². The van der Waals surface area contributed by atoms with E-state index in [0.717, 1.165) is 6.07 Å². The molecule has 24 heavy (non-hydrogen) atoms. The molecule has 0 aliphatic heterocycles. The third-order valence-corrected chi connectivity index (χ3v) is 4.17. The van der Waals surface area contributed by atoms with Crippen LogP contribution in [0.25, 0.3) is 23.1 Å². The Balaban J connectivity index is 1.99. The van der Waals surface area contributed by atoms with Crippen molar-refractivity contribution >= 4 is 40.4 Å². The summed E-state index contributed by atoms with van der Waals surface area (Å²) < 4.78 is 18.6. The van der Waals surface area contributed by atoms with Gasteiger partial charge in [0.05, 0.1) is 23.6 Å². The Morgan fingerprint density at radius 3 is 2.83 bits per heavy atom. The van der Waals surface area contributed by atoms with Gasteiger partial charge in [-0.15, -0.1) is 11.3 Å². The highest BCUT2D eigenvalue weighted by molar-refractivity contribution is 7.11. The van der Waals surface area contributed by atoms with E-state index in [2.05, 4.69) is 9.97 Å². The minimum atomic E-state index is -1.01. The largest absolute Gasteiger partial charge is 0.494 e. The topological polar surface area (TPSA) is 92.3 Å². The minimum Gasteiger partial charge on any atom is -0.494 e. The van der Waals surface area contributed by atoms with Crippen LogP contribution in [-0.4, -0.2) is 28.2 Å². The van der Waals surface area contributed by atoms with Crippen LogP contribution < -0.4 is 10.3 Å². The number of hydrogen-bond donors (Lipinski definition) is 2. The van der Waals surface area contributed by atoms with Crippen LogP contribution in [0.3, 0.4) is 0 Å². The molecule has 0 amide bonds. The second kappa shape index (κ2) is 6.25. The van der Waals surface area contributed by atoms with Gasteiger partial charge < -0.3 is 14.8 Å². The SMILES string of the molecule is COc1cc2c(=O)[nH]c(/C=C/c3cc(C(=O)O)cs3)nc2cc1F. The predicted octanol–water partition coefficient (Wildman–Crippen LogP) is 3.00. The van der Waals surface area contributed by atoms with Crippen molar-refractivity contribution in [2.75, 3.05) is 7.11 Å². The van der Waals surface area contributed by atoms with Crippen LogP contribution in [0.4, 0.5) is 4.39 Å².